The molecule has 2 aromatic heterocycles. The Kier molecular flexibility index (Phi) is 2.60. The van der Waals surface area contributed by atoms with E-state index in [4.69, 9.17) is 16.6 Å². The Balaban J connectivity index is 2.25. The SMILES string of the molecule is CC(C)(C)n1c(-c2cc3ccccc3o2)n[nH]c1=S. The van der Waals surface area contributed by atoms with Crippen LogP contribution >= 0.6 is 12.2 Å². The zero-order chi connectivity index (χ0) is 13.6. The van der Waals surface area contributed by atoms with Crippen molar-refractivity contribution >= 4 is 23.2 Å². The maximum Gasteiger partial charge on any atom is 0.198 e. The lowest BCUT2D eigenvalue weighted by molar-refractivity contribution is 0.392. The highest BCUT2D eigenvalue weighted by molar-refractivity contribution is 7.71. The molecular formula is C14H15N3OS. The summed E-state index contributed by atoms with van der Waals surface area (Å²) in [6.07, 6.45) is 0. The smallest absolute Gasteiger partial charge is 0.198 e. The first-order valence-corrected chi connectivity index (χ1v) is 6.54. The zero-order valence-corrected chi connectivity index (χ0v) is 11.9. The fourth-order valence-electron chi connectivity index (χ4n) is 2.18. The van der Waals surface area contributed by atoms with Crippen LogP contribution in [0.5, 0.6) is 0 Å². The van der Waals surface area contributed by atoms with E-state index in [0.717, 1.165) is 22.6 Å². The van der Waals surface area contributed by atoms with E-state index in [1.54, 1.807) is 0 Å². The minimum atomic E-state index is -0.154. The summed E-state index contributed by atoms with van der Waals surface area (Å²) in [7, 11) is 0. The topological polar surface area (TPSA) is 46.8 Å². The second-order valence-corrected chi connectivity index (χ2v) is 5.89. The van der Waals surface area contributed by atoms with Gasteiger partial charge in [0, 0.05) is 10.9 Å². The Bertz CT molecular complexity index is 756. The second-order valence-electron chi connectivity index (χ2n) is 5.51. The van der Waals surface area contributed by atoms with Gasteiger partial charge < -0.3 is 4.42 Å². The van der Waals surface area contributed by atoms with Crippen LogP contribution in [0.3, 0.4) is 0 Å². The van der Waals surface area contributed by atoms with Gasteiger partial charge in [-0.25, -0.2) is 0 Å². The summed E-state index contributed by atoms with van der Waals surface area (Å²) in [5, 5.41) is 8.20. The molecule has 1 aromatic carbocycles. The maximum atomic E-state index is 5.85. The number of hydrogen-bond donors (Lipinski definition) is 1. The largest absolute Gasteiger partial charge is 0.453 e. The maximum absolute atomic E-state index is 5.85. The third-order valence-electron chi connectivity index (χ3n) is 2.99. The molecule has 5 heteroatoms. The zero-order valence-electron chi connectivity index (χ0n) is 11.1. The van der Waals surface area contributed by atoms with Gasteiger partial charge in [-0.2, -0.15) is 5.10 Å². The van der Waals surface area contributed by atoms with E-state index < -0.39 is 0 Å². The van der Waals surface area contributed by atoms with Crippen LogP contribution in [0.4, 0.5) is 0 Å². The van der Waals surface area contributed by atoms with Gasteiger partial charge in [0.05, 0.1) is 0 Å². The van der Waals surface area contributed by atoms with Crippen molar-refractivity contribution < 1.29 is 4.42 Å². The van der Waals surface area contributed by atoms with Gasteiger partial charge in [-0.05, 0) is 45.1 Å². The van der Waals surface area contributed by atoms with Crippen molar-refractivity contribution in [1.82, 2.24) is 14.8 Å². The number of fused-ring (bicyclic) bond motifs is 1. The fraction of sp³-hybridized carbons (Fsp3) is 0.286. The normalized spacial score (nSPS) is 12.2. The lowest BCUT2D eigenvalue weighted by atomic mass is 10.1. The van der Waals surface area contributed by atoms with E-state index in [9.17, 15) is 0 Å². The number of nitrogens with zero attached hydrogens (tertiary/aromatic N) is 2. The van der Waals surface area contributed by atoms with E-state index in [0.29, 0.717) is 4.77 Å². The van der Waals surface area contributed by atoms with E-state index in [-0.39, 0.29) is 5.54 Å². The van der Waals surface area contributed by atoms with Gasteiger partial charge >= 0.3 is 0 Å². The van der Waals surface area contributed by atoms with Crippen LogP contribution < -0.4 is 0 Å². The van der Waals surface area contributed by atoms with Crippen LogP contribution in [0.15, 0.2) is 34.7 Å². The first kappa shape index (κ1) is 12.2. The van der Waals surface area contributed by atoms with Gasteiger partial charge in [-0.1, -0.05) is 18.2 Å². The Morgan fingerprint density at radius 1 is 1.26 bits per heavy atom. The molecule has 0 spiro atoms. The molecule has 0 saturated heterocycles. The van der Waals surface area contributed by atoms with E-state index in [2.05, 4.69) is 31.0 Å². The van der Waals surface area contributed by atoms with Crippen LogP contribution in [-0.2, 0) is 5.54 Å². The molecule has 0 aliphatic heterocycles. The number of rotatable bonds is 1. The molecule has 0 amide bonds. The summed E-state index contributed by atoms with van der Waals surface area (Å²) in [5.41, 5.74) is 0.699. The first-order valence-electron chi connectivity index (χ1n) is 6.14. The predicted molar refractivity (Wildman–Crippen MR) is 77.6 cm³/mol. The van der Waals surface area contributed by atoms with Gasteiger partial charge in [0.25, 0.3) is 0 Å². The lowest BCUT2D eigenvalue weighted by Gasteiger charge is -2.21. The van der Waals surface area contributed by atoms with Gasteiger partial charge in [-0.3, -0.25) is 9.67 Å². The van der Waals surface area contributed by atoms with Gasteiger partial charge in [0.15, 0.2) is 16.4 Å². The van der Waals surface area contributed by atoms with Crippen LogP contribution in [0.25, 0.3) is 22.6 Å². The van der Waals surface area contributed by atoms with Crippen LogP contribution in [0.1, 0.15) is 20.8 Å². The average Bonchev–Trinajstić information content (AvgIpc) is 2.90. The van der Waals surface area contributed by atoms with Crippen LogP contribution in [-0.4, -0.2) is 14.8 Å². The van der Waals surface area contributed by atoms with Gasteiger partial charge in [-0.15, -0.1) is 0 Å². The molecule has 3 rings (SSSR count). The summed E-state index contributed by atoms with van der Waals surface area (Å²) < 4.78 is 8.43. The number of para-hydroxylation sites is 1. The van der Waals surface area contributed by atoms with Crippen molar-refractivity contribution in [3.63, 3.8) is 0 Å². The van der Waals surface area contributed by atoms with Crippen LogP contribution in [0.2, 0.25) is 0 Å². The summed E-state index contributed by atoms with van der Waals surface area (Å²) in [5.74, 6) is 1.46. The third kappa shape index (κ3) is 2.00. The number of H-pyrrole nitrogens is 1. The monoisotopic (exact) mass is 273 g/mol. The van der Waals surface area contributed by atoms with Crippen molar-refractivity contribution in [2.45, 2.75) is 26.3 Å². The minimum absolute atomic E-state index is 0.154. The summed E-state index contributed by atoms with van der Waals surface area (Å²) in [6, 6.07) is 9.90. The molecule has 1 N–H and O–H groups in total. The van der Waals surface area contributed by atoms with E-state index >= 15 is 0 Å². The van der Waals surface area contributed by atoms with Crippen molar-refractivity contribution in [3.8, 4) is 11.6 Å². The molecule has 0 aliphatic rings. The summed E-state index contributed by atoms with van der Waals surface area (Å²) in [4.78, 5) is 0. The number of hydrogen-bond acceptors (Lipinski definition) is 3. The number of furan rings is 1. The van der Waals surface area contributed by atoms with Gasteiger partial charge in [0.1, 0.15) is 5.58 Å². The lowest BCUT2D eigenvalue weighted by Crippen LogP contribution is -2.22. The Labute approximate surface area is 116 Å². The van der Waals surface area contributed by atoms with Crippen molar-refractivity contribution in [2.24, 2.45) is 0 Å². The molecule has 0 aliphatic carbocycles. The molecule has 0 saturated carbocycles. The first-order chi connectivity index (χ1) is 8.97. The molecule has 3 aromatic rings. The Morgan fingerprint density at radius 2 is 2.00 bits per heavy atom. The van der Waals surface area contributed by atoms with Crippen molar-refractivity contribution in [1.29, 1.82) is 0 Å². The molecule has 0 bridgehead atoms. The van der Waals surface area contributed by atoms with Crippen molar-refractivity contribution in [3.05, 3.63) is 35.1 Å². The fourth-order valence-corrected chi connectivity index (χ4v) is 2.58. The van der Waals surface area contributed by atoms with E-state index in [1.807, 2.05) is 34.9 Å². The highest BCUT2D eigenvalue weighted by Crippen LogP contribution is 2.29. The Hall–Kier alpha value is -1.88. The molecule has 2 heterocycles. The number of nitrogens with one attached hydrogen (secondary N) is 1. The molecular weight excluding hydrogens is 258 g/mol. The highest BCUT2D eigenvalue weighted by Gasteiger charge is 2.22. The van der Waals surface area contributed by atoms with Gasteiger partial charge in [0.2, 0.25) is 0 Å². The minimum Gasteiger partial charge on any atom is -0.453 e. The third-order valence-corrected chi connectivity index (χ3v) is 3.26. The molecule has 4 nitrogen and oxygen atoms in total. The molecule has 0 fully saturated rings. The summed E-state index contributed by atoms with van der Waals surface area (Å²) >= 11 is 5.30. The quantitative estimate of drug-likeness (QED) is 0.679. The Morgan fingerprint density at radius 3 is 2.68 bits per heavy atom. The predicted octanol–water partition coefficient (Wildman–Crippen LogP) is 4.11. The molecule has 98 valence electrons. The van der Waals surface area contributed by atoms with Crippen LogP contribution in [0, 0.1) is 4.77 Å². The number of aromatic amines is 1. The standard InChI is InChI=1S/C14H15N3OS/c1-14(2,3)17-12(15-16-13(17)19)11-8-9-6-4-5-7-10(9)18-11/h4-8H,1-3H3,(H,16,19). The van der Waals surface area contributed by atoms with E-state index in [1.165, 1.54) is 0 Å². The molecule has 0 atom stereocenters. The number of benzene rings is 1. The molecule has 19 heavy (non-hydrogen) atoms. The second kappa shape index (κ2) is 4.06. The summed E-state index contributed by atoms with van der Waals surface area (Å²) in [6.45, 7) is 6.26. The average molecular weight is 273 g/mol. The van der Waals surface area contributed by atoms with Crippen molar-refractivity contribution in [2.75, 3.05) is 0 Å². The molecule has 0 unspecified atom stereocenters. The molecule has 0 radical (unpaired) electrons. The number of aromatic nitrogens is 3. The highest BCUT2D eigenvalue weighted by atomic mass is 32.1.